The second kappa shape index (κ2) is 11.1. The summed E-state index contributed by atoms with van der Waals surface area (Å²) in [6.07, 6.45) is 1.73. The van der Waals surface area contributed by atoms with E-state index in [0.29, 0.717) is 30.4 Å². The Kier molecular flexibility index (Phi) is 7.22. The lowest BCUT2D eigenvalue weighted by Gasteiger charge is -2.28. The van der Waals surface area contributed by atoms with Crippen LogP contribution in [0.25, 0.3) is 26.6 Å². The SMILES string of the molecule is CC(C)(C)c1cc(NC(O)Nc2ccc(-c3cn4c(n3)sc3nc(OCC(O)CN5C[C@@H]6C[C@H]5CO6)ccc34)cc2)no1. The van der Waals surface area contributed by atoms with Gasteiger partial charge in [-0.05, 0) is 24.6 Å². The van der Waals surface area contributed by atoms with Crippen molar-refractivity contribution in [3.05, 3.63) is 54.4 Å². The Balaban J connectivity index is 0.962. The number of benzene rings is 1. The van der Waals surface area contributed by atoms with Crippen molar-refractivity contribution in [1.82, 2.24) is 24.4 Å². The van der Waals surface area contributed by atoms with Gasteiger partial charge >= 0.3 is 0 Å². The third kappa shape index (κ3) is 5.91. The van der Waals surface area contributed by atoms with Crippen molar-refractivity contribution in [3.8, 4) is 17.1 Å². The van der Waals surface area contributed by atoms with Gasteiger partial charge < -0.3 is 34.8 Å². The first-order valence-corrected chi connectivity index (χ1v) is 15.2. The number of aliphatic hydroxyl groups excluding tert-OH is 2. The molecular weight excluding hydrogens is 570 g/mol. The molecule has 2 aliphatic rings. The summed E-state index contributed by atoms with van der Waals surface area (Å²) in [5, 5.41) is 30.8. The van der Waals surface area contributed by atoms with Crippen molar-refractivity contribution in [2.75, 3.05) is 36.9 Å². The van der Waals surface area contributed by atoms with Crippen LogP contribution in [-0.2, 0) is 10.2 Å². The molecule has 2 fully saturated rings. The van der Waals surface area contributed by atoms with E-state index in [2.05, 4.69) is 25.7 Å². The van der Waals surface area contributed by atoms with Gasteiger partial charge in [-0.15, -0.1) is 0 Å². The van der Waals surface area contributed by atoms with Gasteiger partial charge in [0.25, 0.3) is 0 Å². The number of pyridine rings is 1. The van der Waals surface area contributed by atoms with Crippen LogP contribution in [0, 0.1) is 0 Å². The lowest BCUT2D eigenvalue weighted by molar-refractivity contribution is 0.000747. The molecule has 0 spiro atoms. The van der Waals surface area contributed by atoms with Crippen LogP contribution in [-0.4, -0.2) is 85.5 Å². The van der Waals surface area contributed by atoms with Crippen LogP contribution >= 0.6 is 11.3 Å². The Bertz CT molecular complexity index is 1730. The van der Waals surface area contributed by atoms with Crippen molar-refractivity contribution in [3.63, 3.8) is 0 Å². The number of nitrogens with zero attached hydrogens (tertiary/aromatic N) is 5. The third-order valence-electron chi connectivity index (χ3n) is 7.84. The van der Waals surface area contributed by atoms with Gasteiger partial charge in [0, 0.05) is 54.1 Å². The molecular formula is C30H35N7O5S. The highest BCUT2D eigenvalue weighted by molar-refractivity contribution is 7.23. The summed E-state index contributed by atoms with van der Waals surface area (Å²) in [7, 11) is 0. The van der Waals surface area contributed by atoms with Crippen LogP contribution in [0.2, 0.25) is 0 Å². The minimum Gasteiger partial charge on any atom is -0.475 e. The zero-order chi connectivity index (χ0) is 29.7. The average Bonchev–Trinajstić information content (AvgIpc) is 3.79. The lowest BCUT2D eigenvalue weighted by atomic mass is 9.93. The summed E-state index contributed by atoms with van der Waals surface area (Å²) >= 11 is 1.48. The maximum atomic E-state index is 10.5. The van der Waals surface area contributed by atoms with Gasteiger partial charge in [0.05, 0.1) is 23.9 Å². The summed E-state index contributed by atoms with van der Waals surface area (Å²) in [6, 6.07) is 13.7. The Labute approximate surface area is 252 Å². The number of anilines is 2. The number of hydrogen-bond acceptors (Lipinski definition) is 12. The largest absolute Gasteiger partial charge is 0.475 e. The number of fused-ring (bicyclic) bond motifs is 5. The number of ether oxygens (including phenoxy) is 2. The van der Waals surface area contributed by atoms with Gasteiger partial charge in [0.15, 0.2) is 10.8 Å². The first-order chi connectivity index (χ1) is 20.7. The molecule has 2 unspecified atom stereocenters. The number of rotatable bonds is 10. The Morgan fingerprint density at radius 1 is 1.12 bits per heavy atom. The van der Waals surface area contributed by atoms with Crippen molar-refractivity contribution >= 4 is 38.2 Å². The van der Waals surface area contributed by atoms with Crippen molar-refractivity contribution in [2.24, 2.45) is 0 Å². The van der Waals surface area contributed by atoms with Gasteiger partial charge in [-0.3, -0.25) is 9.30 Å². The lowest BCUT2D eigenvalue weighted by Crippen LogP contribution is -2.43. The molecule has 0 aliphatic carbocycles. The molecule has 2 bridgehead atoms. The second-order valence-corrected chi connectivity index (χ2v) is 13.2. The maximum absolute atomic E-state index is 10.5. The Hall–Kier alpha value is -3.75. The van der Waals surface area contributed by atoms with Crippen molar-refractivity contribution in [1.29, 1.82) is 0 Å². The minimum absolute atomic E-state index is 0.170. The highest BCUT2D eigenvalue weighted by Crippen LogP contribution is 2.31. The highest BCUT2D eigenvalue weighted by Gasteiger charge is 2.39. The van der Waals surface area contributed by atoms with Gasteiger partial charge in [-0.1, -0.05) is 49.4 Å². The zero-order valence-electron chi connectivity index (χ0n) is 24.2. The fraction of sp³-hybridized carbons (Fsp3) is 0.433. The van der Waals surface area contributed by atoms with E-state index in [0.717, 1.165) is 57.6 Å². The van der Waals surface area contributed by atoms with Crippen LogP contribution in [0.3, 0.4) is 0 Å². The molecule has 0 radical (unpaired) electrons. The van der Waals surface area contributed by atoms with Crippen LogP contribution in [0.5, 0.6) is 5.88 Å². The first-order valence-electron chi connectivity index (χ1n) is 14.4. The molecule has 1 aromatic carbocycles. The predicted molar refractivity (Wildman–Crippen MR) is 163 cm³/mol. The predicted octanol–water partition coefficient (Wildman–Crippen LogP) is 3.91. The number of aliphatic hydroxyl groups is 2. The van der Waals surface area contributed by atoms with E-state index >= 15 is 0 Å². The molecule has 5 aromatic rings. The number of nitrogens with one attached hydrogen (secondary N) is 2. The number of imidazole rings is 1. The molecule has 4 aromatic heterocycles. The number of hydrogen-bond donors (Lipinski definition) is 4. The second-order valence-electron chi connectivity index (χ2n) is 12.2. The number of thiazole rings is 1. The molecule has 7 rings (SSSR count). The highest BCUT2D eigenvalue weighted by atomic mass is 32.1. The van der Waals surface area contributed by atoms with E-state index in [4.69, 9.17) is 19.0 Å². The number of aromatic nitrogens is 4. The van der Waals surface area contributed by atoms with E-state index in [1.807, 2.05) is 67.8 Å². The third-order valence-corrected chi connectivity index (χ3v) is 8.80. The standard InChI is InChI=1S/C30H35N7O5S/c1-30(2,3)24-11-25(35-42-24)33-28(39)31-18-6-4-17(5-7-18)22-14-37-23-8-9-26(34-27(23)43-29(37)32-22)41-16-20(38)12-36-13-21-10-19(36)15-40-21/h4-9,11,14,19-21,28,31,38-39H,10,12-13,15-16H2,1-3H3,(H,33,35)/t19-,20?,21-,28?/m0/s1. The van der Waals surface area contributed by atoms with E-state index in [1.165, 1.54) is 11.3 Å². The summed E-state index contributed by atoms with van der Waals surface area (Å²) in [5.74, 6) is 1.67. The topological polar surface area (TPSA) is 142 Å². The molecule has 12 nitrogen and oxygen atoms in total. The summed E-state index contributed by atoms with van der Waals surface area (Å²) in [5.41, 5.74) is 3.28. The van der Waals surface area contributed by atoms with Crippen molar-refractivity contribution < 1.29 is 24.2 Å². The van der Waals surface area contributed by atoms with Crippen LogP contribution in [0.4, 0.5) is 11.5 Å². The van der Waals surface area contributed by atoms with Crippen LogP contribution in [0.1, 0.15) is 33.0 Å². The molecule has 226 valence electrons. The fourth-order valence-corrected chi connectivity index (χ4v) is 6.54. The Morgan fingerprint density at radius 3 is 2.67 bits per heavy atom. The first kappa shape index (κ1) is 28.0. The maximum Gasteiger partial charge on any atom is 0.214 e. The van der Waals surface area contributed by atoms with E-state index < -0.39 is 12.5 Å². The van der Waals surface area contributed by atoms with E-state index in [9.17, 15) is 10.2 Å². The number of morpholine rings is 1. The summed E-state index contributed by atoms with van der Waals surface area (Å²) < 4.78 is 18.9. The molecule has 4 atom stereocenters. The average molecular weight is 606 g/mol. The fourth-order valence-electron chi connectivity index (χ4n) is 5.56. The van der Waals surface area contributed by atoms with Gasteiger partial charge in [0.2, 0.25) is 12.2 Å². The monoisotopic (exact) mass is 605 g/mol. The summed E-state index contributed by atoms with van der Waals surface area (Å²) in [4.78, 5) is 13.4. The molecule has 13 heteroatoms. The molecule has 4 N–H and O–H groups in total. The molecule has 6 heterocycles. The van der Waals surface area contributed by atoms with Gasteiger partial charge in [-0.25, -0.2) is 9.97 Å². The number of β-amino-alcohol motifs (C(OH)–C–C–N with tert-alkyl or cyclic N) is 1. The van der Waals surface area contributed by atoms with Crippen LogP contribution < -0.4 is 15.4 Å². The zero-order valence-corrected chi connectivity index (χ0v) is 25.0. The molecule has 2 saturated heterocycles. The number of likely N-dealkylation sites (tertiary alicyclic amines) is 1. The molecule has 43 heavy (non-hydrogen) atoms. The normalized spacial score (nSPS) is 20.2. The van der Waals surface area contributed by atoms with Crippen LogP contribution in [0.15, 0.2) is 53.2 Å². The van der Waals surface area contributed by atoms with Gasteiger partial charge in [0.1, 0.15) is 23.3 Å². The smallest absolute Gasteiger partial charge is 0.214 e. The Morgan fingerprint density at radius 2 is 1.95 bits per heavy atom. The van der Waals surface area contributed by atoms with E-state index in [1.54, 1.807) is 6.07 Å². The molecule has 2 aliphatic heterocycles. The summed E-state index contributed by atoms with van der Waals surface area (Å²) in [6.45, 7) is 8.51. The van der Waals surface area contributed by atoms with Crippen molar-refractivity contribution in [2.45, 2.75) is 57.2 Å². The quantitative estimate of drug-likeness (QED) is 0.172. The van der Waals surface area contributed by atoms with E-state index in [-0.39, 0.29) is 12.0 Å². The molecule has 0 saturated carbocycles. The van der Waals surface area contributed by atoms with Gasteiger partial charge in [-0.2, -0.15) is 0 Å². The molecule has 0 amide bonds. The minimum atomic E-state index is -1.05.